The van der Waals surface area contributed by atoms with Crippen molar-refractivity contribution in [2.24, 2.45) is 23.9 Å². The zero-order valence-electron chi connectivity index (χ0n) is 21.3. The summed E-state index contributed by atoms with van der Waals surface area (Å²) in [4.78, 5) is 10.8. The van der Waals surface area contributed by atoms with E-state index in [0.29, 0.717) is 29.6 Å². The van der Waals surface area contributed by atoms with E-state index in [-0.39, 0.29) is 11.6 Å². The van der Waals surface area contributed by atoms with Crippen LogP contribution in [0.25, 0.3) is 0 Å². The molecule has 2 fully saturated rings. The van der Waals surface area contributed by atoms with Crippen molar-refractivity contribution in [1.29, 1.82) is 0 Å². The van der Waals surface area contributed by atoms with E-state index in [4.69, 9.17) is 0 Å². The van der Waals surface area contributed by atoms with E-state index in [0.717, 1.165) is 43.7 Å². The molecule has 0 amide bonds. The van der Waals surface area contributed by atoms with E-state index in [2.05, 4.69) is 32.0 Å². The van der Waals surface area contributed by atoms with Crippen LogP contribution >= 0.6 is 0 Å². The lowest BCUT2D eigenvalue weighted by Crippen LogP contribution is -2.33. The molecular weight excluding hydrogens is 477 g/mol. The Balaban J connectivity index is 1.39. The first kappa shape index (κ1) is 25.6. The maximum absolute atomic E-state index is 14.0. The molecule has 0 spiro atoms. The molecule has 1 aliphatic heterocycles. The van der Waals surface area contributed by atoms with Crippen LogP contribution in [0.3, 0.4) is 0 Å². The highest BCUT2D eigenvalue weighted by molar-refractivity contribution is 5.82. The third-order valence-electron chi connectivity index (χ3n) is 7.64. The SMILES string of the molecule is C[C@H]1CCCN(Cc2cnc(C=Nc3cccc(C(c4nncn4C)C4CCC4)c3)c(C(F)(F)F)c2)C1. The summed E-state index contributed by atoms with van der Waals surface area (Å²) < 4.78 is 43.8. The lowest BCUT2D eigenvalue weighted by molar-refractivity contribution is -0.138. The molecule has 2 aromatic heterocycles. The lowest BCUT2D eigenvalue weighted by atomic mass is 9.72. The average Bonchev–Trinajstić information content (AvgIpc) is 3.25. The molecule has 6 nitrogen and oxygen atoms in total. The summed E-state index contributed by atoms with van der Waals surface area (Å²) in [5.74, 6) is 2.00. The Kier molecular flexibility index (Phi) is 7.42. The number of piperidine rings is 1. The van der Waals surface area contributed by atoms with E-state index in [1.807, 2.05) is 29.8 Å². The summed E-state index contributed by atoms with van der Waals surface area (Å²) in [5.41, 5.74) is 1.29. The number of benzene rings is 1. The number of likely N-dealkylation sites (tertiary alicyclic amines) is 1. The summed E-state index contributed by atoms with van der Waals surface area (Å²) in [6.07, 6.45) is 5.63. The minimum Gasteiger partial charge on any atom is -0.320 e. The van der Waals surface area contributed by atoms with Gasteiger partial charge in [-0.3, -0.25) is 14.9 Å². The molecule has 0 N–H and O–H groups in total. The van der Waals surface area contributed by atoms with Crippen LogP contribution in [0.5, 0.6) is 0 Å². The molecule has 2 aliphatic rings. The Morgan fingerprint density at radius 2 is 2.00 bits per heavy atom. The van der Waals surface area contributed by atoms with Gasteiger partial charge in [0.15, 0.2) is 0 Å². The van der Waals surface area contributed by atoms with Gasteiger partial charge in [-0.05, 0) is 73.4 Å². The predicted octanol–water partition coefficient (Wildman–Crippen LogP) is 6.14. The number of pyridine rings is 1. The first-order valence-corrected chi connectivity index (χ1v) is 13.0. The van der Waals surface area contributed by atoms with Gasteiger partial charge in [0.1, 0.15) is 12.2 Å². The van der Waals surface area contributed by atoms with Gasteiger partial charge in [0, 0.05) is 32.3 Å². The molecule has 1 unspecified atom stereocenters. The first-order valence-electron chi connectivity index (χ1n) is 13.0. The third kappa shape index (κ3) is 5.92. The van der Waals surface area contributed by atoms with Crippen molar-refractivity contribution < 1.29 is 13.2 Å². The Hall–Kier alpha value is -3.07. The molecule has 1 saturated heterocycles. The summed E-state index contributed by atoms with van der Waals surface area (Å²) in [5, 5.41) is 8.40. The van der Waals surface area contributed by atoms with Crippen LogP contribution in [0.4, 0.5) is 18.9 Å². The Bertz CT molecular complexity index is 1250. The zero-order chi connectivity index (χ0) is 26.0. The van der Waals surface area contributed by atoms with Crippen molar-refractivity contribution in [3.63, 3.8) is 0 Å². The van der Waals surface area contributed by atoms with Crippen molar-refractivity contribution >= 4 is 11.9 Å². The van der Waals surface area contributed by atoms with Crippen molar-refractivity contribution in [1.82, 2.24) is 24.6 Å². The highest BCUT2D eigenvalue weighted by atomic mass is 19.4. The molecule has 0 radical (unpaired) electrons. The third-order valence-corrected chi connectivity index (χ3v) is 7.64. The lowest BCUT2D eigenvalue weighted by Gasteiger charge is -2.33. The normalized spacial score (nSPS) is 20.3. The Morgan fingerprint density at radius 1 is 1.16 bits per heavy atom. The number of aliphatic imine (C=N–C) groups is 1. The smallest absolute Gasteiger partial charge is 0.320 e. The topological polar surface area (TPSA) is 59.2 Å². The number of nitrogens with zero attached hydrogens (tertiary/aromatic N) is 6. The molecule has 0 bridgehead atoms. The van der Waals surface area contributed by atoms with Crippen LogP contribution in [-0.2, 0) is 19.8 Å². The molecular formula is C28H33F3N6. The highest BCUT2D eigenvalue weighted by Gasteiger charge is 2.35. The van der Waals surface area contributed by atoms with Crippen LogP contribution < -0.4 is 0 Å². The number of halogens is 3. The fraction of sp³-hybridized carbons (Fsp3) is 0.500. The summed E-state index contributed by atoms with van der Waals surface area (Å²) in [6, 6.07) is 8.89. The number of rotatable bonds is 7. The van der Waals surface area contributed by atoms with Gasteiger partial charge in [0.05, 0.1) is 23.2 Å². The van der Waals surface area contributed by atoms with Crippen molar-refractivity contribution in [2.45, 2.75) is 57.7 Å². The van der Waals surface area contributed by atoms with Gasteiger partial charge in [-0.2, -0.15) is 13.2 Å². The number of hydrogen-bond acceptors (Lipinski definition) is 5. The average molecular weight is 511 g/mol. The van der Waals surface area contributed by atoms with Gasteiger partial charge in [-0.1, -0.05) is 25.5 Å². The van der Waals surface area contributed by atoms with Gasteiger partial charge < -0.3 is 4.57 Å². The molecule has 1 aromatic carbocycles. The molecule has 9 heteroatoms. The first-order chi connectivity index (χ1) is 17.8. The van der Waals surface area contributed by atoms with Crippen molar-refractivity contribution in [3.05, 3.63) is 71.1 Å². The minimum absolute atomic E-state index is 0.0806. The molecule has 1 saturated carbocycles. The fourth-order valence-electron chi connectivity index (χ4n) is 5.54. The molecule has 37 heavy (non-hydrogen) atoms. The summed E-state index contributed by atoms with van der Waals surface area (Å²) in [7, 11) is 1.93. The molecule has 3 heterocycles. The standard InChI is InChI=1S/C28H33F3N6/c1-19-6-5-11-37(16-19)17-20-12-24(28(29,30)31)25(33-14-20)15-32-23-10-4-9-22(13-23)26(21-7-3-8-21)27-35-34-18-36(27)2/h4,9-10,12-15,18-19,21,26H,3,5-8,11,16-17H2,1-2H3/t19-,26?/m0/s1. The van der Waals surface area contributed by atoms with Crippen LogP contribution in [0.1, 0.15) is 73.2 Å². The molecule has 5 rings (SSSR count). The zero-order valence-corrected chi connectivity index (χ0v) is 21.3. The number of alkyl halides is 3. The monoisotopic (exact) mass is 510 g/mol. The predicted molar refractivity (Wildman–Crippen MR) is 137 cm³/mol. The van der Waals surface area contributed by atoms with E-state index >= 15 is 0 Å². The number of aromatic nitrogens is 4. The summed E-state index contributed by atoms with van der Waals surface area (Å²) in [6.45, 7) is 4.46. The fourth-order valence-corrected chi connectivity index (χ4v) is 5.54. The van der Waals surface area contributed by atoms with Gasteiger partial charge in [0.2, 0.25) is 0 Å². The largest absolute Gasteiger partial charge is 0.418 e. The quantitative estimate of drug-likeness (QED) is 0.358. The maximum atomic E-state index is 14.0. The van der Waals surface area contributed by atoms with Crippen molar-refractivity contribution in [3.8, 4) is 0 Å². The second-order valence-electron chi connectivity index (χ2n) is 10.6. The van der Waals surface area contributed by atoms with E-state index in [9.17, 15) is 13.2 Å². The van der Waals surface area contributed by atoms with Crippen molar-refractivity contribution in [2.75, 3.05) is 13.1 Å². The van der Waals surface area contributed by atoms with Crippen LogP contribution in [0, 0.1) is 11.8 Å². The van der Waals surface area contributed by atoms with Gasteiger partial charge in [0.25, 0.3) is 0 Å². The number of aryl methyl sites for hydroxylation is 1. The van der Waals surface area contributed by atoms with Crippen LogP contribution in [-0.4, -0.2) is 44.0 Å². The van der Waals surface area contributed by atoms with Gasteiger partial charge in [-0.25, -0.2) is 0 Å². The molecule has 1 aliphatic carbocycles. The summed E-state index contributed by atoms with van der Waals surface area (Å²) >= 11 is 0. The van der Waals surface area contributed by atoms with Gasteiger partial charge in [-0.15, -0.1) is 10.2 Å². The second kappa shape index (κ2) is 10.7. The van der Waals surface area contributed by atoms with E-state index < -0.39 is 11.7 Å². The molecule has 2 atom stereocenters. The van der Waals surface area contributed by atoms with Gasteiger partial charge >= 0.3 is 6.18 Å². The Morgan fingerprint density at radius 3 is 2.68 bits per heavy atom. The maximum Gasteiger partial charge on any atom is 0.418 e. The van der Waals surface area contributed by atoms with E-state index in [1.165, 1.54) is 25.1 Å². The molecule has 3 aromatic rings. The van der Waals surface area contributed by atoms with Crippen LogP contribution in [0.2, 0.25) is 0 Å². The molecule has 196 valence electrons. The van der Waals surface area contributed by atoms with E-state index in [1.54, 1.807) is 18.6 Å². The Labute approximate surface area is 215 Å². The highest BCUT2D eigenvalue weighted by Crippen LogP contribution is 2.43. The van der Waals surface area contributed by atoms with Crippen LogP contribution in [0.15, 0.2) is 47.8 Å². The number of hydrogen-bond donors (Lipinski definition) is 0. The second-order valence-corrected chi connectivity index (χ2v) is 10.6. The minimum atomic E-state index is -4.51.